The van der Waals surface area contributed by atoms with Gasteiger partial charge in [-0.1, -0.05) is 36.4 Å². The second kappa shape index (κ2) is 3.28. The van der Waals surface area contributed by atoms with Gasteiger partial charge >= 0.3 is 0 Å². The summed E-state index contributed by atoms with van der Waals surface area (Å²) < 4.78 is 2.63. The second-order valence-corrected chi connectivity index (χ2v) is 5.19. The van der Waals surface area contributed by atoms with Crippen molar-refractivity contribution in [3.63, 3.8) is 0 Å². The number of hydrogen-bond donors (Lipinski definition) is 0. The van der Waals surface area contributed by atoms with E-state index in [1.807, 2.05) is 23.7 Å². The number of nitrogens with zero attached hydrogens (tertiary/aromatic N) is 1. The van der Waals surface area contributed by atoms with E-state index < -0.39 is 0 Å². The fourth-order valence-electron chi connectivity index (χ4n) is 2.36. The Morgan fingerprint density at radius 1 is 0.824 bits per heavy atom. The Kier molecular flexibility index (Phi) is 1.76. The molecule has 0 bridgehead atoms. The topological polar surface area (TPSA) is 12.9 Å². The molecule has 1 nitrogen and oxygen atoms in total. The molecule has 0 aliphatic carbocycles. The van der Waals surface area contributed by atoms with Crippen LogP contribution in [0.5, 0.6) is 0 Å². The van der Waals surface area contributed by atoms with Gasteiger partial charge < -0.3 is 0 Å². The molecule has 0 amide bonds. The molecular formula is C15H9NS. The minimum atomic E-state index is 1.26. The lowest BCUT2D eigenvalue weighted by atomic mass is 10.1. The molecule has 0 atom stereocenters. The van der Waals surface area contributed by atoms with Crippen molar-refractivity contribution < 1.29 is 0 Å². The first-order valence-electron chi connectivity index (χ1n) is 5.57. The second-order valence-electron chi connectivity index (χ2n) is 4.14. The summed E-state index contributed by atoms with van der Waals surface area (Å²) in [6, 6.07) is 15.1. The first-order chi connectivity index (χ1) is 8.43. The van der Waals surface area contributed by atoms with Crippen molar-refractivity contribution >= 4 is 42.3 Å². The smallest absolute Gasteiger partial charge is 0.0538 e. The zero-order valence-corrected chi connectivity index (χ0v) is 9.87. The molecule has 0 saturated heterocycles. The average molecular weight is 235 g/mol. The normalized spacial score (nSPS) is 11.5. The van der Waals surface area contributed by atoms with E-state index in [4.69, 9.17) is 0 Å². The average Bonchev–Trinajstić information content (AvgIpc) is 2.78. The Bertz CT molecular complexity index is 845. The van der Waals surface area contributed by atoms with Gasteiger partial charge in [-0.2, -0.15) is 0 Å². The molecule has 2 aromatic carbocycles. The summed E-state index contributed by atoms with van der Waals surface area (Å²) in [5.41, 5.74) is 0. The molecule has 0 aliphatic rings. The van der Waals surface area contributed by atoms with Crippen molar-refractivity contribution in [2.45, 2.75) is 0 Å². The number of pyridine rings is 1. The van der Waals surface area contributed by atoms with Crippen LogP contribution >= 0.6 is 11.3 Å². The maximum atomic E-state index is 4.20. The zero-order chi connectivity index (χ0) is 11.2. The van der Waals surface area contributed by atoms with Crippen molar-refractivity contribution in [3.8, 4) is 0 Å². The standard InChI is InChI=1S/C15H9NS/c1-2-4-11-10(3-1)5-6-13-12-7-8-16-9-14(12)17-15(11)13/h1-9H. The summed E-state index contributed by atoms with van der Waals surface area (Å²) in [6.45, 7) is 0. The molecule has 0 N–H and O–H groups in total. The van der Waals surface area contributed by atoms with E-state index in [0.717, 1.165) is 0 Å². The number of fused-ring (bicyclic) bond motifs is 5. The molecule has 4 aromatic rings. The lowest BCUT2D eigenvalue weighted by molar-refractivity contribution is 1.37. The van der Waals surface area contributed by atoms with Gasteiger partial charge in [0.2, 0.25) is 0 Å². The molecular weight excluding hydrogens is 226 g/mol. The van der Waals surface area contributed by atoms with Crippen LogP contribution in [0.15, 0.2) is 54.9 Å². The molecule has 2 heteroatoms. The van der Waals surface area contributed by atoms with Crippen molar-refractivity contribution in [2.24, 2.45) is 0 Å². The van der Waals surface area contributed by atoms with Crippen LogP contribution < -0.4 is 0 Å². The van der Waals surface area contributed by atoms with Crippen molar-refractivity contribution in [2.75, 3.05) is 0 Å². The van der Waals surface area contributed by atoms with Crippen LogP contribution in [0.4, 0.5) is 0 Å². The monoisotopic (exact) mass is 235 g/mol. The van der Waals surface area contributed by atoms with Crippen LogP contribution in [0.2, 0.25) is 0 Å². The van der Waals surface area contributed by atoms with Crippen LogP contribution in [-0.4, -0.2) is 4.98 Å². The third-order valence-corrected chi connectivity index (χ3v) is 4.36. The van der Waals surface area contributed by atoms with E-state index in [9.17, 15) is 0 Å². The van der Waals surface area contributed by atoms with Gasteiger partial charge in [-0.15, -0.1) is 11.3 Å². The Labute approximate surface area is 102 Å². The molecule has 17 heavy (non-hydrogen) atoms. The van der Waals surface area contributed by atoms with Gasteiger partial charge in [-0.3, -0.25) is 4.98 Å². The van der Waals surface area contributed by atoms with Gasteiger partial charge in [0.15, 0.2) is 0 Å². The minimum absolute atomic E-state index is 1.26. The molecule has 80 valence electrons. The van der Waals surface area contributed by atoms with Crippen molar-refractivity contribution in [3.05, 3.63) is 54.9 Å². The summed E-state index contributed by atoms with van der Waals surface area (Å²) in [5, 5.41) is 5.29. The van der Waals surface area contributed by atoms with Crippen molar-refractivity contribution in [1.29, 1.82) is 0 Å². The molecule has 0 spiro atoms. The number of hydrogen-bond acceptors (Lipinski definition) is 2. The molecule has 2 heterocycles. The van der Waals surface area contributed by atoms with E-state index in [-0.39, 0.29) is 0 Å². The Hall–Kier alpha value is -1.93. The van der Waals surface area contributed by atoms with E-state index >= 15 is 0 Å². The fourth-order valence-corrected chi connectivity index (χ4v) is 3.56. The highest BCUT2D eigenvalue weighted by Gasteiger charge is 2.07. The van der Waals surface area contributed by atoms with Gasteiger partial charge in [0, 0.05) is 27.9 Å². The van der Waals surface area contributed by atoms with Crippen LogP contribution in [-0.2, 0) is 0 Å². The first-order valence-corrected chi connectivity index (χ1v) is 6.39. The van der Waals surface area contributed by atoms with Gasteiger partial charge in [0.1, 0.15) is 0 Å². The third-order valence-electron chi connectivity index (χ3n) is 3.17. The summed E-state index contributed by atoms with van der Waals surface area (Å²) in [4.78, 5) is 4.20. The maximum absolute atomic E-state index is 4.20. The summed E-state index contributed by atoms with van der Waals surface area (Å²) in [7, 11) is 0. The minimum Gasteiger partial charge on any atom is -0.263 e. The highest BCUT2D eigenvalue weighted by Crippen LogP contribution is 2.37. The summed E-state index contributed by atoms with van der Waals surface area (Å²) in [6.07, 6.45) is 3.82. The summed E-state index contributed by atoms with van der Waals surface area (Å²) in [5.74, 6) is 0. The van der Waals surface area contributed by atoms with Crippen LogP contribution in [0.3, 0.4) is 0 Å². The maximum Gasteiger partial charge on any atom is 0.0538 e. The lowest BCUT2D eigenvalue weighted by Gasteiger charge is -1.98. The number of aromatic nitrogens is 1. The van der Waals surface area contributed by atoms with Crippen molar-refractivity contribution in [1.82, 2.24) is 4.98 Å². The summed E-state index contributed by atoms with van der Waals surface area (Å²) >= 11 is 1.83. The molecule has 0 aliphatic heterocycles. The molecule has 0 unspecified atom stereocenters. The Morgan fingerprint density at radius 2 is 1.76 bits per heavy atom. The van der Waals surface area contributed by atoms with Gasteiger partial charge in [-0.25, -0.2) is 0 Å². The molecule has 0 fully saturated rings. The van der Waals surface area contributed by atoms with E-state index in [0.29, 0.717) is 0 Å². The molecule has 0 radical (unpaired) electrons. The first kappa shape index (κ1) is 9.14. The Balaban J connectivity index is 2.34. The van der Waals surface area contributed by atoms with Gasteiger partial charge in [-0.05, 0) is 16.8 Å². The van der Waals surface area contributed by atoms with E-state index in [1.54, 1.807) is 0 Å². The fraction of sp³-hybridized carbons (Fsp3) is 0. The highest BCUT2D eigenvalue weighted by molar-refractivity contribution is 7.26. The van der Waals surface area contributed by atoms with E-state index in [2.05, 4.69) is 47.4 Å². The van der Waals surface area contributed by atoms with Gasteiger partial charge in [0.05, 0.1) is 4.70 Å². The number of benzene rings is 2. The molecule has 0 saturated carbocycles. The van der Waals surface area contributed by atoms with Crippen LogP contribution in [0.1, 0.15) is 0 Å². The Morgan fingerprint density at radius 3 is 2.76 bits per heavy atom. The zero-order valence-electron chi connectivity index (χ0n) is 9.05. The van der Waals surface area contributed by atoms with Crippen LogP contribution in [0.25, 0.3) is 30.9 Å². The lowest BCUT2D eigenvalue weighted by Crippen LogP contribution is -1.72. The van der Waals surface area contributed by atoms with Gasteiger partial charge in [0.25, 0.3) is 0 Å². The molecule has 2 aromatic heterocycles. The number of rotatable bonds is 0. The predicted molar refractivity (Wildman–Crippen MR) is 74.6 cm³/mol. The SMILES string of the molecule is c1ccc2c(c1)ccc1c3ccncc3sc21. The van der Waals surface area contributed by atoms with E-state index in [1.165, 1.54) is 30.9 Å². The predicted octanol–water partition coefficient (Wildman–Crippen LogP) is 4.60. The molecule has 4 rings (SSSR count). The highest BCUT2D eigenvalue weighted by atomic mass is 32.1. The quantitative estimate of drug-likeness (QED) is 0.434. The third kappa shape index (κ3) is 1.22. The van der Waals surface area contributed by atoms with Crippen LogP contribution in [0, 0.1) is 0 Å². The number of thiophene rings is 1. The largest absolute Gasteiger partial charge is 0.263 e.